The second kappa shape index (κ2) is 5.29. The van der Waals surface area contributed by atoms with Gasteiger partial charge in [0.25, 0.3) is 0 Å². The minimum Gasteiger partial charge on any atom is -0.388 e. The van der Waals surface area contributed by atoms with Gasteiger partial charge in [0.05, 0.1) is 6.10 Å². The third kappa shape index (κ3) is 2.34. The van der Waals surface area contributed by atoms with E-state index < -0.39 is 0 Å². The molecule has 1 aromatic heterocycles. The molecule has 3 heteroatoms. The highest BCUT2D eigenvalue weighted by atomic mass is 16.3. The van der Waals surface area contributed by atoms with Crippen LogP contribution in [0.15, 0.2) is 6.07 Å². The molecule has 2 aliphatic rings. The van der Waals surface area contributed by atoms with E-state index in [4.69, 9.17) is 0 Å². The average Bonchev–Trinajstić information content (AvgIpc) is 2.97. The van der Waals surface area contributed by atoms with Crippen LogP contribution < -0.4 is 0 Å². The maximum atomic E-state index is 10.1. The molecule has 0 bridgehead atoms. The summed E-state index contributed by atoms with van der Waals surface area (Å²) < 4.78 is 2.48. The molecule has 0 amide bonds. The molecule has 1 aromatic rings. The fourth-order valence-corrected chi connectivity index (χ4v) is 3.92. The molecule has 2 unspecified atom stereocenters. The molecule has 0 spiro atoms. The highest BCUT2D eigenvalue weighted by molar-refractivity contribution is 5.31. The quantitative estimate of drug-likeness (QED) is 0.907. The van der Waals surface area contributed by atoms with Gasteiger partial charge in [-0.2, -0.15) is 0 Å². The van der Waals surface area contributed by atoms with Gasteiger partial charge in [-0.05, 0) is 58.2 Å². The van der Waals surface area contributed by atoms with Gasteiger partial charge in [-0.3, -0.25) is 4.90 Å². The number of hydrogen-bond donors (Lipinski definition) is 1. The number of likely N-dealkylation sites (N-methyl/N-ethyl adjacent to an activating group) is 1. The molecule has 2 heterocycles. The van der Waals surface area contributed by atoms with E-state index in [0.29, 0.717) is 6.04 Å². The molecule has 0 saturated carbocycles. The second-order valence-electron chi connectivity index (χ2n) is 6.13. The van der Waals surface area contributed by atoms with Gasteiger partial charge < -0.3 is 9.67 Å². The number of nitrogens with zero attached hydrogens (tertiary/aromatic N) is 2. The number of aromatic nitrogens is 1. The SMILES string of the molecule is CCN1CCCC1Cn1c(C)cc2c1CCCC2O. The molecule has 106 valence electrons. The molecule has 0 radical (unpaired) electrons. The molecule has 2 atom stereocenters. The molecule has 1 saturated heterocycles. The summed E-state index contributed by atoms with van der Waals surface area (Å²) in [4.78, 5) is 2.60. The molecule has 1 aliphatic heterocycles. The lowest BCUT2D eigenvalue weighted by atomic mass is 9.95. The van der Waals surface area contributed by atoms with E-state index in [1.54, 1.807) is 0 Å². The summed E-state index contributed by atoms with van der Waals surface area (Å²) >= 11 is 0. The van der Waals surface area contributed by atoms with Crippen LogP contribution in [0.25, 0.3) is 0 Å². The number of aliphatic hydroxyl groups excluding tert-OH is 1. The van der Waals surface area contributed by atoms with Gasteiger partial charge in [-0.15, -0.1) is 0 Å². The standard InChI is InChI=1S/C16H26N2O/c1-3-17-9-5-6-13(17)11-18-12(2)10-14-15(18)7-4-8-16(14)19/h10,13,16,19H,3-9,11H2,1-2H3. The molecule has 19 heavy (non-hydrogen) atoms. The van der Waals surface area contributed by atoms with Crippen molar-refractivity contribution in [1.82, 2.24) is 9.47 Å². The maximum Gasteiger partial charge on any atom is 0.0807 e. The summed E-state index contributed by atoms with van der Waals surface area (Å²) in [6, 6.07) is 2.91. The lowest BCUT2D eigenvalue weighted by Gasteiger charge is -2.26. The Morgan fingerprint density at radius 3 is 2.95 bits per heavy atom. The van der Waals surface area contributed by atoms with Crippen LogP contribution in [-0.4, -0.2) is 33.7 Å². The monoisotopic (exact) mass is 262 g/mol. The van der Waals surface area contributed by atoms with E-state index in [0.717, 1.165) is 32.4 Å². The normalized spacial score (nSPS) is 27.7. The van der Waals surface area contributed by atoms with Crippen molar-refractivity contribution in [1.29, 1.82) is 0 Å². The largest absolute Gasteiger partial charge is 0.388 e. The lowest BCUT2D eigenvalue weighted by molar-refractivity contribution is 0.155. The van der Waals surface area contributed by atoms with Crippen LogP contribution in [0.2, 0.25) is 0 Å². The zero-order valence-corrected chi connectivity index (χ0v) is 12.2. The first-order chi connectivity index (χ1) is 9.20. The Balaban J connectivity index is 1.85. The number of aryl methyl sites for hydroxylation is 1. The summed E-state index contributed by atoms with van der Waals surface area (Å²) in [6.45, 7) is 7.99. The first-order valence-electron chi connectivity index (χ1n) is 7.81. The molecule has 3 rings (SSSR count). The summed E-state index contributed by atoms with van der Waals surface area (Å²) in [6.07, 6.45) is 5.63. The molecule has 0 aromatic carbocycles. The van der Waals surface area contributed by atoms with Crippen LogP contribution in [0.3, 0.4) is 0 Å². The van der Waals surface area contributed by atoms with Crippen LogP contribution in [-0.2, 0) is 13.0 Å². The maximum absolute atomic E-state index is 10.1. The predicted octanol–water partition coefficient (Wildman–Crippen LogP) is 2.65. The van der Waals surface area contributed by atoms with Crippen LogP contribution in [0.4, 0.5) is 0 Å². The molecule has 1 fully saturated rings. The Bertz CT molecular complexity index is 452. The first-order valence-corrected chi connectivity index (χ1v) is 7.81. The lowest BCUT2D eigenvalue weighted by Crippen LogP contribution is -2.33. The van der Waals surface area contributed by atoms with Crippen LogP contribution in [0.1, 0.15) is 55.7 Å². The number of rotatable bonds is 3. The zero-order valence-electron chi connectivity index (χ0n) is 12.2. The number of likely N-dealkylation sites (tertiary alicyclic amines) is 1. The van der Waals surface area contributed by atoms with Crippen molar-refractivity contribution in [2.45, 2.75) is 64.6 Å². The average molecular weight is 262 g/mol. The van der Waals surface area contributed by atoms with E-state index in [1.165, 1.54) is 36.3 Å². The minimum atomic E-state index is -0.227. The highest BCUT2D eigenvalue weighted by Gasteiger charge is 2.27. The molecular formula is C16H26N2O. The Kier molecular flexibility index (Phi) is 3.68. The Hall–Kier alpha value is -0.800. The second-order valence-corrected chi connectivity index (χ2v) is 6.13. The van der Waals surface area contributed by atoms with Crippen molar-refractivity contribution in [3.8, 4) is 0 Å². The van der Waals surface area contributed by atoms with E-state index in [1.807, 2.05) is 0 Å². The first kappa shape index (κ1) is 13.2. The molecule has 1 aliphatic carbocycles. The van der Waals surface area contributed by atoms with Crippen LogP contribution in [0, 0.1) is 6.92 Å². The number of hydrogen-bond acceptors (Lipinski definition) is 2. The van der Waals surface area contributed by atoms with Crippen molar-refractivity contribution < 1.29 is 5.11 Å². The van der Waals surface area contributed by atoms with Gasteiger partial charge in [-0.1, -0.05) is 6.92 Å². The van der Waals surface area contributed by atoms with Crippen molar-refractivity contribution >= 4 is 0 Å². The summed E-state index contributed by atoms with van der Waals surface area (Å²) in [5.74, 6) is 0. The minimum absolute atomic E-state index is 0.227. The van der Waals surface area contributed by atoms with Crippen molar-refractivity contribution in [2.75, 3.05) is 13.1 Å². The van der Waals surface area contributed by atoms with Gasteiger partial charge in [-0.25, -0.2) is 0 Å². The predicted molar refractivity (Wildman–Crippen MR) is 77.3 cm³/mol. The molecular weight excluding hydrogens is 236 g/mol. The van der Waals surface area contributed by atoms with Gasteiger partial charge in [0.2, 0.25) is 0 Å². The number of fused-ring (bicyclic) bond motifs is 1. The van der Waals surface area contributed by atoms with E-state index in [2.05, 4.69) is 29.4 Å². The Morgan fingerprint density at radius 2 is 2.16 bits per heavy atom. The third-order valence-electron chi connectivity index (χ3n) is 5.00. The topological polar surface area (TPSA) is 28.4 Å². The van der Waals surface area contributed by atoms with Gasteiger partial charge in [0.1, 0.15) is 0 Å². The highest BCUT2D eigenvalue weighted by Crippen LogP contribution is 2.33. The molecule has 1 N–H and O–H groups in total. The fourth-order valence-electron chi connectivity index (χ4n) is 3.92. The van der Waals surface area contributed by atoms with Gasteiger partial charge >= 0.3 is 0 Å². The molecule has 3 nitrogen and oxygen atoms in total. The van der Waals surface area contributed by atoms with Gasteiger partial charge in [0, 0.05) is 29.5 Å². The smallest absolute Gasteiger partial charge is 0.0807 e. The van der Waals surface area contributed by atoms with Crippen LogP contribution >= 0.6 is 0 Å². The van der Waals surface area contributed by atoms with Crippen molar-refractivity contribution in [3.63, 3.8) is 0 Å². The van der Waals surface area contributed by atoms with Crippen molar-refractivity contribution in [3.05, 3.63) is 23.0 Å². The zero-order chi connectivity index (χ0) is 13.4. The van der Waals surface area contributed by atoms with Crippen LogP contribution in [0.5, 0.6) is 0 Å². The van der Waals surface area contributed by atoms with Crippen molar-refractivity contribution in [2.24, 2.45) is 0 Å². The fraction of sp³-hybridized carbons (Fsp3) is 0.750. The van der Waals surface area contributed by atoms with E-state index in [-0.39, 0.29) is 6.10 Å². The van der Waals surface area contributed by atoms with E-state index in [9.17, 15) is 5.11 Å². The summed E-state index contributed by atoms with van der Waals surface area (Å²) in [7, 11) is 0. The van der Waals surface area contributed by atoms with Gasteiger partial charge in [0.15, 0.2) is 0 Å². The summed E-state index contributed by atoms with van der Waals surface area (Å²) in [5, 5.41) is 10.1. The summed E-state index contributed by atoms with van der Waals surface area (Å²) in [5.41, 5.74) is 3.93. The third-order valence-corrected chi connectivity index (χ3v) is 5.00. The Labute approximate surface area is 116 Å². The number of aliphatic hydroxyl groups is 1. The van der Waals surface area contributed by atoms with E-state index >= 15 is 0 Å². The Morgan fingerprint density at radius 1 is 1.32 bits per heavy atom.